The molecule has 0 fully saturated rings. The first-order chi connectivity index (χ1) is 9.13. The first-order valence-electron chi connectivity index (χ1n) is 6.97. The number of Topliss-reactive ketones (excluding diaryl/α,β-unsaturated/α-hetero) is 1. The summed E-state index contributed by atoms with van der Waals surface area (Å²) >= 11 is 0. The average molecular weight is 260 g/mol. The number of allylic oxidation sites excluding steroid dienone is 3. The van der Waals surface area contributed by atoms with Crippen molar-refractivity contribution in [3.05, 3.63) is 22.8 Å². The highest BCUT2D eigenvalue weighted by Crippen LogP contribution is 2.42. The van der Waals surface area contributed by atoms with E-state index in [1.54, 1.807) is 0 Å². The number of nitriles is 1. The van der Waals surface area contributed by atoms with Gasteiger partial charge < -0.3 is 10.5 Å². The second-order valence-corrected chi connectivity index (χ2v) is 5.16. The second kappa shape index (κ2) is 5.48. The molecule has 0 saturated heterocycles. The van der Waals surface area contributed by atoms with Crippen molar-refractivity contribution in [2.45, 2.75) is 46.0 Å². The lowest BCUT2D eigenvalue weighted by molar-refractivity contribution is -0.117. The van der Waals surface area contributed by atoms with E-state index in [0.29, 0.717) is 23.3 Å². The number of hydrogen-bond donors (Lipinski definition) is 1. The van der Waals surface area contributed by atoms with Gasteiger partial charge in [0, 0.05) is 24.3 Å². The smallest absolute Gasteiger partial charge is 0.204 e. The second-order valence-electron chi connectivity index (χ2n) is 5.16. The molecule has 0 aromatic carbocycles. The number of nitrogens with zero attached hydrogens (tertiary/aromatic N) is 1. The Balaban J connectivity index is 2.52. The Kier molecular flexibility index (Phi) is 3.94. The maximum Gasteiger partial charge on any atom is 0.204 e. The van der Waals surface area contributed by atoms with Crippen molar-refractivity contribution in [1.29, 1.82) is 5.26 Å². The normalized spacial score (nSPS) is 23.3. The Hall–Kier alpha value is -1.76. The topological polar surface area (TPSA) is 76.1 Å². The van der Waals surface area contributed by atoms with E-state index in [2.05, 4.69) is 19.9 Å². The number of carbonyl (C=O) groups excluding carboxylic acids is 1. The molecule has 1 atom stereocenters. The van der Waals surface area contributed by atoms with Crippen LogP contribution in [0.4, 0.5) is 0 Å². The van der Waals surface area contributed by atoms with Gasteiger partial charge in [0.15, 0.2) is 5.78 Å². The standard InChI is InChI=1S/C15H20N2O2/c1-3-9(4-2)13-10(8-16)15(17)19-12-7-5-6-11(18)14(12)13/h9,13H,3-7,17H2,1-2H3/t13-/m0/s1. The van der Waals surface area contributed by atoms with Crippen LogP contribution in [-0.4, -0.2) is 5.78 Å². The van der Waals surface area contributed by atoms with Crippen LogP contribution in [-0.2, 0) is 9.53 Å². The first-order valence-corrected chi connectivity index (χ1v) is 6.97. The largest absolute Gasteiger partial charge is 0.444 e. The third-order valence-electron chi connectivity index (χ3n) is 4.17. The van der Waals surface area contributed by atoms with Crippen LogP contribution in [0.1, 0.15) is 46.0 Å². The zero-order valence-corrected chi connectivity index (χ0v) is 11.5. The lowest BCUT2D eigenvalue weighted by Crippen LogP contribution is -2.32. The average Bonchev–Trinajstić information content (AvgIpc) is 2.40. The summed E-state index contributed by atoms with van der Waals surface area (Å²) in [6, 6.07) is 2.15. The van der Waals surface area contributed by atoms with Crippen LogP contribution < -0.4 is 5.73 Å². The molecule has 0 radical (unpaired) electrons. The fraction of sp³-hybridized carbons (Fsp3) is 0.600. The molecule has 0 spiro atoms. The van der Waals surface area contributed by atoms with Crippen molar-refractivity contribution in [1.82, 2.24) is 0 Å². The molecule has 4 nitrogen and oxygen atoms in total. The van der Waals surface area contributed by atoms with Gasteiger partial charge in [0.25, 0.3) is 0 Å². The SMILES string of the molecule is CCC(CC)[C@H]1C(C#N)=C(N)OC2=C1C(=O)CCC2. The molecule has 19 heavy (non-hydrogen) atoms. The number of nitrogens with two attached hydrogens (primary N) is 1. The van der Waals surface area contributed by atoms with Crippen LogP contribution in [0.25, 0.3) is 0 Å². The fourth-order valence-corrected chi connectivity index (χ4v) is 3.13. The summed E-state index contributed by atoms with van der Waals surface area (Å²) in [5.41, 5.74) is 7.02. The highest BCUT2D eigenvalue weighted by Gasteiger charge is 2.39. The summed E-state index contributed by atoms with van der Waals surface area (Å²) in [5.74, 6) is 1.11. The zero-order chi connectivity index (χ0) is 14.0. The molecule has 2 N–H and O–H groups in total. The van der Waals surface area contributed by atoms with Gasteiger partial charge in [-0.3, -0.25) is 4.79 Å². The molecule has 1 heterocycles. The molecule has 0 bridgehead atoms. The first kappa shape index (κ1) is 13.7. The molecule has 0 aromatic heterocycles. The lowest BCUT2D eigenvalue weighted by Gasteiger charge is -2.34. The highest BCUT2D eigenvalue weighted by molar-refractivity contribution is 5.98. The van der Waals surface area contributed by atoms with Gasteiger partial charge in [-0.2, -0.15) is 5.26 Å². The van der Waals surface area contributed by atoms with Crippen LogP contribution in [0.2, 0.25) is 0 Å². The summed E-state index contributed by atoms with van der Waals surface area (Å²) in [7, 11) is 0. The minimum atomic E-state index is -0.170. The predicted octanol–water partition coefficient (Wildman–Crippen LogP) is 2.77. The molecule has 0 saturated carbocycles. The molecule has 4 heteroatoms. The molecular weight excluding hydrogens is 240 g/mol. The van der Waals surface area contributed by atoms with Gasteiger partial charge in [0.2, 0.25) is 5.88 Å². The van der Waals surface area contributed by atoms with Crippen molar-refractivity contribution >= 4 is 5.78 Å². The van der Waals surface area contributed by atoms with Gasteiger partial charge >= 0.3 is 0 Å². The van der Waals surface area contributed by atoms with Crippen LogP contribution in [0.5, 0.6) is 0 Å². The molecule has 1 aliphatic heterocycles. The maximum atomic E-state index is 12.2. The van der Waals surface area contributed by atoms with Crippen molar-refractivity contribution in [2.24, 2.45) is 17.6 Å². The Bertz CT molecular complexity index is 493. The molecule has 0 unspecified atom stereocenters. The van der Waals surface area contributed by atoms with Gasteiger partial charge in [-0.25, -0.2) is 0 Å². The summed E-state index contributed by atoms with van der Waals surface area (Å²) in [5, 5.41) is 9.35. The van der Waals surface area contributed by atoms with E-state index >= 15 is 0 Å². The Labute approximate surface area is 113 Å². The maximum absolute atomic E-state index is 12.2. The van der Waals surface area contributed by atoms with E-state index < -0.39 is 0 Å². The van der Waals surface area contributed by atoms with E-state index in [1.807, 2.05) is 0 Å². The van der Waals surface area contributed by atoms with E-state index in [1.165, 1.54) is 0 Å². The molecule has 1 aliphatic carbocycles. The quantitative estimate of drug-likeness (QED) is 0.846. The number of ether oxygens (including phenoxy) is 1. The highest BCUT2D eigenvalue weighted by atomic mass is 16.5. The summed E-state index contributed by atoms with van der Waals surface area (Å²) in [4.78, 5) is 12.2. The van der Waals surface area contributed by atoms with Crippen LogP contribution in [0, 0.1) is 23.2 Å². The number of hydrogen-bond acceptors (Lipinski definition) is 4. The van der Waals surface area contributed by atoms with Crippen molar-refractivity contribution in [2.75, 3.05) is 0 Å². The van der Waals surface area contributed by atoms with Gasteiger partial charge in [0.05, 0.1) is 5.57 Å². The van der Waals surface area contributed by atoms with E-state index in [9.17, 15) is 10.1 Å². The van der Waals surface area contributed by atoms with Crippen LogP contribution in [0.15, 0.2) is 22.8 Å². The van der Waals surface area contributed by atoms with E-state index in [-0.39, 0.29) is 23.5 Å². The predicted molar refractivity (Wildman–Crippen MR) is 71.4 cm³/mol. The van der Waals surface area contributed by atoms with E-state index in [4.69, 9.17) is 10.5 Å². The fourth-order valence-electron chi connectivity index (χ4n) is 3.13. The summed E-state index contributed by atoms with van der Waals surface area (Å²) < 4.78 is 5.53. The van der Waals surface area contributed by atoms with Crippen LogP contribution >= 0.6 is 0 Å². The minimum absolute atomic E-state index is 0.124. The summed E-state index contributed by atoms with van der Waals surface area (Å²) in [6.07, 6.45) is 3.95. The van der Waals surface area contributed by atoms with Crippen LogP contribution in [0.3, 0.4) is 0 Å². The third-order valence-corrected chi connectivity index (χ3v) is 4.17. The Morgan fingerprint density at radius 3 is 2.68 bits per heavy atom. The van der Waals surface area contributed by atoms with Crippen molar-refractivity contribution in [3.8, 4) is 6.07 Å². The molecule has 0 aromatic rings. The van der Waals surface area contributed by atoms with E-state index in [0.717, 1.165) is 25.7 Å². The molecule has 102 valence electrons. The molecular formula is C15H20N2O2. The monoisotopic (exact) mass is 260 g/mol. The van der Waals surface area contributed by atoms with Gasteiger partial charge in [-0.05, 0) is 12.3 Å². The number of carbonyl (C=O) groups is 1. The Morgan fingerprint density at radius 1 is 1.42 bits per heavy atom. The number of ketones is 1. The molecule has 0 amide bonds. The summed E-state index contributed by atoms with van der Waals surface area (Å²) in [6.45, 7) is 4.17. The van der Waals surface area contributed by atoms with Crippen molar-refractivity contribution < 1.29 is 9.53 Å². The minimum Gasteiger partial charge on any atom is -0.444 e. The van der Waals surface area contributed by atoms with Crippen molar-refractivity contribution in [3.63, 3.8) is 0 Å². The van der Waals surface area contributed by atoms with Gasteiger partial charge in [0.1, 0.15) is 11.8 Å². The lowest BCUT2D eigenvalue weighted by atomic mass is 9.73. The van der Waals surface area contributed by atoms with Gasteiger partial charge in [-0.15, -0.1) is 0 Å². The third kappa shape index (κ3) is 2.25. The molecule has 2 rings (SSSR count). The zero-order valence-electron chi connectivity index (χ0n) is 11.5. The molecule has 2 aliphatic rings. The number of rotatable bonds is 3. The Morgan fingerprint density at radius 2 is 2.11 bits per heavy atom. The van der Waals surface area contributed by atoms with Gasteiger partial charge in [-0.1, -0.05) is 26.7 Å².